The maximum Gasteiger partial charge on any atom is 0.253 e. The van der Waals surface area contributed by atoms with Gasteiger partial charge in [0.1, 0.15) is 0 Å². The number of hydrogen-bond acceptors (Lipinski definition) is 4. The number of amides is 2. The van der Waals surface area contributed by atoms with E-state index in [0.717, 1.165) is 23.4 Å². The van der Waals surface area contributed by atoms with Crippen LogP contribution in [0.3, 0.4) is 0 Å². The van der Waals surface area contributed by atoms with Gasteiger partial charge in [-0.15, -0.1) is 11.8 Å². The summed E-state index contributed by atoms with van der Waals surface area (Å²) in [5, 5.41) is 8.86. The van der Waals surface area contributed by atoms with Crippen LogP contribution < -0.4 is 16.0 Å². The average molecular weight is 355 g/mol. The van der Waals surface area contributed by atoms with Gasteiger partial charge in [0, 0.05) is 22.3 Å². The first-order valence-corrected chi connectivity index (χ1v) is 9.46. The molecule has 3 rings (SSSR count). The number of para-hydroxylation sites is 1. The van der Waals surface area contributed by atoms with Gasteiger partial charge in [-0.05, 0) is 55.5 Å². The van der Waals surface area contributed by atoms with Gasteiger partial charge < -0.3 is 16.0 Å². The second-order valence-corrected chi connectivity index (χ2v) is 6.80. The van der Waals surface area contributed by atoms with Crippen LogP contribution in [0.4, 0.5) is 11.4 Å². The Balaban J connectivity index is 1.57. The lowest BCUT2D eigenvalue weighted by atomic mass is 10.1. The Hall–Kier alpha value is -2.47. The quantitative estimate of drug-likeness (QED) is 0.666. The first kappa shape index (κ1) is 17.4. The van der Waals surface area contributed by atoms with Crippen LogP contribution in [0.1, 0.15) is 23.2 Å². The number of rotatable bonds is 7. The molecule has 25 heavy (non-hydrogen) atoms. The molecule has 2 amide bonds. The van der Waals surface area contributed by atoms with Crippen LogP contribution in [0.25, 0.3) is 0 Å². The number of benzene rings is 2. The van der Waals surface area contributed by atoms with Crippen molar-refractivity contribution in [1.29, 1.82) is 0 Å². The van der Waals surface area contributed by atoms with Crippen molar-refractivity contribution in [3.05, 3.63) is 54.1 Å². The Morgan fingerprint density at radius 3 is 2.48 bits per heavy atom. The van der Waals surface area contributed by atoms with Crippen LogP contribution >= 0.6 is 11.8 Å². The Bertz CT molecular complexity index is 758. The lowest BCUT2D eigenvalue weighted by Crippen LogP contribution is -2.27. The third-order valence-corrected chi connectivity index (χ3v) is 4.64. The van der Waals surface area contributed by atoms with Gasteiger partial charge in [-0.1, -0.05) is 12.1 Å². The molecule has 5 nitrogen and oxygen atoms in total. The summed E-state index contributed by atoms with van der Waals surface area (Å²) in [7, 11) is 0. The Morgan fingerprint density at radius 1 is 1.08 bits per heavy atom. The number of anilines is 2. The fourth-order valence-electron chi connectivity index (χ4n) is 2.38. The average Bonchev–Trinajstić information content (AvgIpc) is 3.45. The van der Waals surface area contributed by atoms with Gasteiger partial charge in [0.2, 0.25) is 5.91 Å². The minimum absolute atomic E-state index is 0.0952. The molecule has 130 valence electrons. The van der Waals surface area contributed by atoms with Crippen molar-refractivity contribution in [1.82, 2.24) is 5.32 Å². The first-order valence-electron chi connectivity index (χ1n) is 8.23. The zero-order valence-corrected chi connectivity index (χ0v) is 14.9. The minimum atomic E-state index is -0.158. The summed E-state index contributed by atoms with van der Waals surface area (Å²) in [5.74, 6) is -0.257. The maximum absolute atomic E-state index is 12.3. The molecular formula is C19H21N3O2S. The topological polar surface area (TPSA) is 70.2 Å². The van der Waals surface area contributed by atoms with Crippen molar-refractivity contribution in [2.45, 2.75) is 23.8 Å². The standard InChI is InChI=1S/C19H21N3O2S/c1-25-15-10-8-13(9-11-15)21-18(23)12-20-17-5-3-2-4-16(17)19(24)22-14-6-7-14/h2-5,8-11,14,20H,6-7,12H2,1H3,(H,21,23)(H,22,24). The fraction of sp³-hybridized carbons (Fsp3) is 0.263. The van der Waals surface area contributed by atoms with Crippen LogP contribution in [-0.4, -0.2) is 30.7 Å². The lowest BCUT2D eigenvalue weighted by Gasteiger charge is -2.12. The largest absolute Gasteiger partial charge is 0.376 e. The van der Waals surface area contributed by atoms with E-state index in [2.05, 4.69) is 16.0 Å². The second-order valence-electron chi connectivity index (χ2n) is 5.92. The molecule has 0 aromatic heterocycles. The van der Waals surface area contributed by atoms with Gasteiger partial charge in [0.05, 0.1) is 12.1 Å². The van der Waals surface area contributed by atoms with Gasteiger partial charge in [-0.2, -0.15) is 0 Å². The van der Waals surface area contributed by atoms with Crippen molar-refractivity contribution in [2.24, 2.45) is 0 Å². The second kappa shape index (κ2) is 8.07. The molecule has 1 saturated carbocycles. The highest BCUT2D eigenvalue weighted by molar-refractivity contribution is 7.98. The van der Waals surface area contributed by atoms with E-state index in [-0.39, 0.29) is 18.4 Å². The smallest absolute Gasteiger partial charge is 0.253 e. The van der Waals surface area contributed by atoms with Gasteiger partial charge in [-0.3, -0.25) is 9.59 Å². The van der Waals surface area contributed by atoms with Gasteiger partial charge >= 0.3 is 0 Å². The normalized spacial score (nSPS) is 13.2. The first-order chi connectivity index (χ1) is 12.2. The van der Waals surface area contributed by atoms with Crippen LogP contribution in [0.2, 0.25) is 0 Å². The monoisotopic (exact) mass is 355 g/mol. The molecule has 0 spiro atoms. The third kappa shape index (κ3) is 5.00. The van der Waals surface area contributed by atoms with Crippen molar-refractivity contribution in [3.63, 3.8) is 0 Å². The molecular weight excluding hydrogens is 334 g/mol. The molecule has 0 atom stereocenters. The third-order valence-electron chi connectivity index (χ3n) is 3.90. The molecule has 0 saturated heterocycles. The van der Waals surface area contributed by atoms with E-state index in [1.807, 2.05) is 48.7 Å². The lowest BCUT2D eigenvalue weighted by molar-refractivity contribution is -0.114. The molecule has 1 aliphatic carbocycles. The van der Waals surface area contributed by atoms with Crippen molar-refractivity contribution in [3.8, 4) is 0 Å². The molecule has 0 aliphatic heterocycles. The van der Waals surface area contributed by atoms with Crippen LogP contribution in [-0.2, 0) is 4.79 Å². The van der Waals surface area contributed by atoms with Crippen LogP contribution in [0.5, 0.6) is 0 Å². The molecule has 3 N–H and O–H groups in total. The molecule has 6 heteroatoms. The van der Waals surface area contributed by atoms with E-state index in [9.17, 15) is 9.59 Å². The summed E-state index contributed by atoms with van der Waals surface area (Å²) < 4.78 is 0. The molecule has 2 aromatic rings. The van der Waals surface area contributed by atoms with Crippen LogP contribution in [0.15, 0.2) is 53.4 Å². The predicted molar refractivity (Wildman–Crippen MR) is 102 cm³/mol. The fourth-order valence-corrected chi connectivity index (χ4v) is 2.79. The number of hydrogen-bond donors (Lipinski definition) is 3. The molecule has 0 radical (unpaired) electrons. The number of nitrogens with one attached hydrogen (secondary N) is 3. The van der Waals surface area contributed by atoms with Gasteiger partial charge in [0.25, 0.3) is 5.91 Å². The molecule has 1 fully saturated rings. The van der Waals surface area contributed by atoms with E-state index in [4.69, 9.17) is 0 Å². The predicted octanol–water partition coefficient (Wildman–Crippen LogP) is 3.35. The van der Waals surface area contributed by atoms with Crippen LogP contribution in [0, 0.1) is 0 Å². The molecule has 1 aliphatic rings. The highest BCUT2D eigenvalue weighted by Gasteiger charge is 2.24. The van der Waals surface area contributed by atoms with Crippen molar-refractivity contribution in [2.75, 3.05) is 23.4 Å². The van der Waals surface area contributed by atoms with E-state index in [1.54, 1.807) is 17.8 Å². The summed E-state index contributed by atoms with van der Waals surface area (Å²) in [6.07, 6.45) is 4.09. The molecule has 0 bridgehead atoms. The number of carbonyl (C=O) groups is 2. The summed E-state index contributed by atoms with van der Waals surface area (Å²) in [6.45, 7) is 0.0952. The number of carbonyl (C=O) groups excluding carboxylic acids is 2. The van der Waals surface area contributed by atoms with E-state index < -0.39 is 0 Å². The zero-order chi connectivity index (χ0) is 17.6. The van der Waals surface area contributed by atoms with E-state index >= 15 is 0 Å². The summed E-state index contributed by atoms with van der Waals surface area (Å²) in [5.41, 5.74) is 1.98. The Labute approximate surface area is 151 Å². The molecule has 2 aromatic carbocycles. The summed E-state index contributed by atoms with van der Waals surface area (Å²) in [4.78, 5) is 25.5. The minimum Gasteiger partial charge on any atom is -0.376 e. The highest BCUT2D eigenvalue weighted by Crippen LogP contribution is 2.21. The van der Waals surface area contributed by atoms with Crippen molar-refractivity contribution >= 4 is 35.0 Å². The Kier molecular flexibility index (Phi) is 5.60. The maximum atomic E-state index is 12.3. The molecule has 0 heterocycles. The zero-order valence-electron chi connectivity index (χ0n) is 14.0. The SMILES string of the molecule is CSc1ccc(NC(=O)CNc2ccccc2C(=O)NC2CC2)cc1. The summed E-state index contributed by atoms with van der Waals surface area (Å²) >= 11 is 1.65. The van der Waals surface area contributed by atoms with E-state index in [1.165, 1.54) is 0 Å². The van der Waals surface area contributed by atoms with Gasteiger partial charge in [-0.25, -0.2) is 0 Å². The van der Waals surface area contributed by atoms with E-state index in [0.29, 0.717) is 17.3 Å². The Morgan fingerprint density at radius 2 is 1.80 bits per heavy atom. The number of thioether (sulfide) groups is 1. The highest BCUT2D eigenvalue weighted by atomic mass is 32.2. The van der Waals surface area contributed by atoms with Gasteiger partial charge in [0.15, 0.2) is 0 Å². The molecule has 0 unspecified atom stereocenters. The van der Waals surface area contributed by atoms with Crippen molar-refractivity contribution < 1.29 is 9.59 Å². The summed E-state index contributed by atoms with van der Waals surface area (Å²) in [6, 6.07) is 15.2.